The molecule has 1 aromatic carbocycles. The minimum atomic E-state index is 0. The first-order valence-electron chi connectivity index (χ1n) is 8.39. The van der Waals surface area contributed by atoms with E-state index < -0.39 is 0 Å². The van der Waals surface area contributed by atoms with Crippen molar-refractivity contribution < 1.29 is 0 Å². The molecule has 1 aromatic heterocycles. The maximum atomic E-state index is 4.29. The Kier molecular flexibility index (Phi) is 7.84. The number of nitrogens with zero attached hydrogens (tertiary/aromatic N) is 3. The number of nitrogens with one attached hydrogen (secondary N) is 2. The van der Waals surface area contributed by atoms with E-state index >= 15 is 0 Å². The minimum Gasteiger partial charge on any atom is -0.364 e. The van der Waals surface area contributed by atoms with E-state index in [0.717, 1.165) is 38.7 Å². The maximum Gasteiger partial charge on any atom is 0.191 e. The summed E-state index contributed by atoms with van der Waals surface area (Å²) in [4.78, 5) is 6.64. The van der Waals surface area contributed by atoms with Crippen molar-refractivity contribution in [2.24, 2.45) is 4.99 Å². The van der Waals surface area contributed by atoms with Gasteiger partial charge in [0.25, 0.3) is 0 Å². The Morgan fingerprint density at radius 2 is 1.84 bits per heavy atom. The lowest BCUT2D eigenvalue weighted by Crippen LogP contribution is -2.38. The molecular weight excluding hydrogens is 425 g/mol. The Bertz CT molecular complexity index is 686. The molecule has 1 aliphatic rings. The van der Waals surface area contributed by atoms with Gasteiger partial charge in [-0.2, -0.15) is 0 Å². The Labute approximate surface area is 166 Å². The maximum absolute atomic E-state index is 4.29. The van der Waals surface area contributed by atoms with E-state index in [4.69, 9.17) is 0 Å². The van der Waals surface area contributed by atoms with Gasteiger partial charge in [0.05, 0.1) is 0 Å². The van der Waals surface area contributed by atoms with E-state index in [2.05, 4.69) is 73.9 Å². The lowest BCUT2D eigenvalue weighted by molar-refractivity contribution is 0.665. The van der Waals surface area contributed by atoms with Crippen molar-refractivity contribution in [3.63, 3.8) is 0 Å². The highest BCUT2D eigenvalue weighted by molar-refractivity contribution is 14.0. The van der Waals surface area contributed by atoms with Crippen molar-refractivity contribution in [2.45, 2.75) is 13.1 Å². The highest BCUT2D eigenvalue weighted by Gasteiger charge is 2.08. The minimum absolute atomic E-state index is 0. The van der Waals surface area contributed by atoms with Gasteiger partial charge in [-0.1, -0.05) is 24.3 Å². The number of anilines is 1. The standard InChI is InChI=1S/C19H25N5.HI/c1-20-19(21-9-14-23-10-2-3-11-23)22-16-17-7-6-8-18(15-17)24-12-4-5-13-24;/h2-8,10-11,15H,9,12-14,16H2,1H3,(H2,20,21,22);1H. The van der Waals surface area contributed by atoms with Gasteiger partial charge in [-0.05, 0) is 29.8 Å². The number of guanidine groups is 1. The zero-order valence-corrected chi connectivity index (χ0v) is 16.9. The summed E-state index contributed by atoms with van der Waals surface area (Å²) < 4.78 is 2.15. The van der Waals surface area contributed by atoms with Gasteiger partial charge in [0, 0.05) is 57.9 Å². The van der Waals surface area contributed by atoms with Crippen LogP contribution in [0.3, 0.4) is 0 Å². The largest absolute Gasteiger partial charge is 0.364 e. The van der Waals surface area contributed by atoms with Crippen LogP contribution in [0.2, 0.25) is 0 Å². The lowest BCUT2D eigenvalue weighted by Gasteiger charge is -2.19. The molecule has 0 fully saturated rings. The third-order valence-corrected chi connectivity index (χ3v) is 4.11. The van der Waals surface area contributed by atoms with Gasteiger partial charge in [0.15, 0.2) is 5.96 Å². The summed E-state index contributed by atoms with van der Waals surface area (Å²) in [5.74, 6) is 0.829. The SMILES string of the molecule is CN=C(NCCn1cccc1)NCc1cccc(N2CC=CC2)c1.I. The van der Waals surface area contributed by atoms with Crippen molar-refractivity contribution in [1.82, 2.24) is 15.2 Å². The smallest absolute Gasteiger partial charge is 0.191 e. The molecule has 2 N–H and O–H groups in total. The number of aromatic nitrogens is 1. The van der Waals surface area contributed by atoms with Crippen LogP contribution in [0.25, 0.3) is 0 Å². The van der Waals surface area contributed by atoms with E-state index in [-0.39, 0.29) is 24.0 Å². The normalized spacial score (nSPS) is 13.6. The molecule has 0 saturated carbocycles. The fraction of sp³-hybridized carbons (Fsp3) is 0.316. The molecule has 0 unspecified atom stereocenters. The monoisotopic (exact) mass is 451 g/mol. The van der Waals surface area contributed by atoms with Gasteiger partial charge in [-0.15, -0.1) is 24.0 Å². The molecule has 0 radical (unpaired) electrons. The Morgan fingerprint density at radius 3 is 2.56 bits per heavy atom. The molecule has 1 aliphatic heterocycles. The summed E-state index contributed by atoms with van der Waals surface area (Å²) in [6.45, 7) is 4.52. The Hall–Kier alpha value is -1.96. The van der Waals surface area contributed by atoms with Crippen molar-refractivity contribution >= 4 is 35.6 Å². The number of benzene rings is 1. The first kappa shape index (κ1) is 19.4. The molecule has 0 spiro atoms. The molecule has 134 valence electrons. The molecule has 2 aromatic rings. The van der Waals surface area contributed by atoms with Gasteiger partial charge in [0.2, 0.25) is 0 Å². The highest BCUT2D eigenvalue weighted by Crippen LogP contribution is 2.18. The number of aliphatic imine (C=N–C) groups is 1. The molecule has 0 aliphatic carbocycles. The molecule has 0 amide bonds. The zero-order valence-electron chi connectivity index (χ0n) is 14.6. The Balaban J connectivity index is 0.00000225. The summed E-state index contributed by atoms with van der Waals surface area (Å²) in [7, 11) is 1.80. The predicted molar refractivity (Wildman–Crippen MR) is 116 cm³/mol. The van der Waals surface area contributed by atoms with Gasteiger partial charge in [0.1, 0.15) is 0 Å². The van der Waals surface area contributed by atoms with Crippen LogP contribution in [0, 0.1) is 0 Å². The highest BCUT2D eigenvalue weighted by atomic mass is 127. The second-order valence-electron chi connectivity index (χ2n) is 5.82. The van der Waals surface area contributed by atoms with E-state index in [1.807, 2.05) is 12.1 Å². The molecule has 6 heteroatoms. The quantitative estimate of drug-likeness (QED) is 0.307. The first-order chi connectivity index (χ1) is 11.8. The predicted octanol–water partition coefficient (Wildman–Crippen LogP) is 2.85. The van der Waals surface area contributed by atoms with Gasteiger partial charge < -0.3 is 20.1 Å². The van der Waals surface area contributed by atoms with Crippen molar-refractivity contribution in [1.29, 1.82) is 0 Å². The summed E-state index contributed by atoms with van der Waals surface area (Å²) in [6.07, 6.45) is 8.55. The third kappa shape index (κ3) is 5.81. The van der Waals surface area contributed by atoms with Crippen molar-refractivity contribution in [3.8, 4) is 0 Å². The molecule has 0 saturated heterocycles. The van der Waals surface area contributed by atoms with E-state index in [1.165, 1.54) is 11.3 Å². The number of hydrogen-bond acceptors (Lipinski definition) is 2. The van der Waals surface area contributed by atoms with E-state index in [1.54, 1.807) is 7.05 Å². The summed E-state index contributed by atoms with van der Waals surface area (Å²) in [6, 6.07) is 12.7. The van der Waals surface area contributed by atoms with Gasteiger partial charge in [-0.25, -0.2) is 0 Å². The van der Waals surface area contributed by atoms with Crippen LogP contribution in [0.5, 0.6) is 0 Å². The Morgan fingerprint density at radius 1 is 1.08 bits per heavy atom. The van der Waals surface area contributed by atoms with Gasteiger partial charge >= 0.3 is 0 Å². The molecule has 5 nitrogen and oxygen atoms in total. The average molecular weight is 451 g/mol. The molecular formula is C19H26IN5. The summed E-state index contributed by atoms with van der Waals surface area (Å²) in [5, 5.41) is 6.72. The number of halogens is 1. The molecule has 3 rings (SSSR count). The van der Waals surface area contributed by atoms with Crippen molar-refractivity contribution in [3.05, 3.63) is 66.5 Å². The average Bonchev–Trinajstić information content (AvgIpc) is 3.31. The third-order valence-electron chi connectivity index (χ3n) is 4.11. The number of rotatable bonds is 6. The van der Waals surface area contributed by atoms with E-state index in [9.17, 15) is 0 Å². The zero-order chi connectivity index (χ0) is 16.6. The fourth-order valence-electron chi connectivity index (χ4n) is 2.78. The van der Waals surface area contributed by atoms with Crippen LogP contribution in [0.15, 0.2) is 65.9 Å². The summed E-state index contributed by atoms with van der Waals surface area (Å²) in [5.41, 5.74) is 2.53. The van der Waals surface area contributed by atoms with Crippen LogP contribution in [-0.2, 0) is 13.1 Å². The van der Waals surface area contributed by atoms with Crippen LogP contribution in [0.1, 0.15) is 5.56 Å². The molecule has 0 bridgehead atoms. The molecule has 2 heterocycles. The van der Waals surface area contributed by atoms with E-state index in [0.29, 0.717) is 0 Å². The number of hydrogen-bond donors (Lipinski definition) is 2. The lowest BCUT2D eigenvalue weighted by atomic mass is 10.2. The topological polar surface area (TPSA) is 44.6 Å². The second-order valence-corrected chi connectivity index (χ2v) is 5.82. The first-order valence-corrected chi connectivity index (χ1v) is 8.39. The van der Waals surface area contributed by atoms with Gasteiger partial charge in [-0.3, -0.25) is 4.99 Å². The van der Waals surface area contributed by atoms with Crippen LogP contribution >= 0.6 is 24.0 Å². The molecule has 0 atom stereocenters. The molecule has 25 heavy (non-hydrogen) atoms. The fourth-order valence-corrected chi connectivity index (χ4v) is 2.78. The second kappa shape index (κ2) is 10.1. The van der Waals surface area contributed by atoms with Crippen LogP contribution in [0.4, 0.5) is 5.69 Å². The van der Waals surface area contributed by atoms with Crippen LogP contribution in [-0.4, -0.2) is 37.2 Å². The van der Waals surface area contributed by atoms with Crippen LogP contribution < -0.4 is 15.5 Å². The summed E-state index contributed by atoms with van der Waals surface area (Å²) >= 11 is 0. The van der Waals surface area contributed by atoms with Crippen molar-refractivity contribution in [2.75, 3.05) is 31.6 Å².